The van der Waals surface area contributed by atoms with Crippen molar-refractivity contribution in [1.82, 2.24) is 0 Å². The van der Waals surface area contributed by atoms with E-state index in [9.17, 15) is 9.90 Å². The van der Waals surface area contributed by atoms with Crippen LogP contribution in [-0.2, 0) is 4.79 Å². The van der Waals surface area contributed by atoms with Gasteiger partial charge in [0, 0.05) is 6.42 Å². The minimum atomic E-state index is -0.727. The second-order valence-corrected chi connectivity index (χ2v) is 4.33. The van der Waals surface area contributed by atoms with Crippen LogP contribution in [0, 0.1) is 5.41 Å². The van der Waals surface area contributed by atoms with Crippen LogP contribution < -0.4 is 4.74 Å². The lowest BCUT2D eigenvalue weighted by Gasteiger charge is -2.11. The molecule has 3 nitrogen and oxygen atoms in total. The molecule has 0 bridgehead atoms. The van der Waals surface area contributed by atoms with Crippen molar-refractivity contribution in [2.24, 2.45) is 5.41 Å². The molecule has 0 spiro atoms. The first kappa shape index (κ1) is 11.0. The molecule has 2 rings (SSSR count). The van der Waals surface area contributed by atoms with E-state index >= 15 is 0 Å². The van der Waals surface area contributed by atoms with Crippen LogP contribution in [0.4, 0.5) is 0 Å². The van der Waals surface area contributed by atoms with Crippen LogP contribution in [0.3, 0.4) is 0 Å². The zero-order valence-electron chi connectivity index (χ0n) is 9.35. The lowest BCUT2D eigenvalue weighted by atomic mass is 10.0. The first-order valence-electron chi connectivity index (χ1n) is 5.64. The van der Waals surface area contributed by atoms with Crippen LogP contribution in [0.15, 0.2) is 30.3 Å². The van der Waals surface area contributed by atoms with Crippen LogP contribution in [0.2, 0.25) is 0 Å². The highest BCUT2D eigenvalue weighted by molar-refractivity contribution is 5.79. The fourth-order valence-corrected chi connectivity index (χ4v) is 2.13. The van der Waals surface area contributed by atoms with Gasteiger partial charge in [-0.2, -0.15) is 0 Å². The first-order valence-corrected chi connectivity index (χ1v) is 5.64. The van der Waals surface area contributed by atoms with Crippen molar-refractivity contribution in [2.45, 2.75) is 32.3 Å². The Hall–Kier alpha value is -1.51. The maximum Gasteiger partial charge on any atom is 0.313 e. The predicted molar refractivity (Wildman–Crippen MR) is 60.5 cm³/mol. The smallest absolute Gasteiger partial charge is 0.313 e. The zero-order chi connectivity index (χ0) is 11.6. The van der Waals surface area contributed by atoms with E-state index < -0.39 is 11.4 Å². The predicted octanol–water partition coefficient (Wildman–Crippen LogP) is 2.71. The minimum Gasteiger partial charge on any atom is -0.489 e. The molecule has 0 aromatic heterocycles. The zero-order valence-corrected chi connectivity index (χ0v) is 9.35. The Morgan fingerprint density at radius 1 is 1.50 bits per heavy atom. The Morgan fingerprint density at radius 3 is 2.75 bits per heavy atom. The standard InChI is InChI=1S/C13H16O3/c1-2-8-13(12(14)15)9-11(13)16-10-6-4-3-5-7-10/h3-7,11H,2,8-9H2,1H3,(H,14,15). The van der Waals surface area contributed by atoms with Crippen LogP contribution in [0.1, 0.15) is 26.2 Å². The number of carbonyl (C=O) groups is 1. The highest BCUT2D eigenvalue weighted by Crippen LogP contribution is 2.52. The fourth-order valence-electron chi connectivity index (χ4n) is 2.13. The van der Waals surface area contributed by atoms with Crippen molar-refractivity contribution in [3.63, 3.8) is 0 Å². The highest BCUT2D eigenvalue weighted by atomic mass is 16.5. The lowest BCUT2D eigenvalue weighted by molar-refractivity contribution is -0.144. The Balaban J connectivity index is 2.02. The normalized spacial score (nSPS) is 27.4. The first-order chi connectivity index (χ1) is 7.69. The Bertz CT molecular complexity index is 374. The number of carboxylic acid groups (broad SMARTS) is 1. The summed E-state index contributed by atoms with van der Waals surface area (Å²) in [6, 6.07) is 9.41. The molecular weight excluding hydrogens is 204 g/mol. The van der Waals surface area contributed by atoms with Crippen molar-refractivity contribution >= 4 is 5.97 Å². The second-order valence-electron chi connectivity index (χ2n) is 4.33. The molecule has 1 saturated carbocycles. The minimum absolute atomic E-state index is 0.160. The Labute approximate surface area is 95.0 Å². The SMILES string of the molecule is CCCC1(C(=O)O)CC1Oc1ccccc1. The van der Waals surface area contributed by atoms with Gasteiger partial charge in [0.25, 0.3) is 0 Å². The molecule has 1 aliphatic rings. The van der Waals surface area contributed by atoms with Gasteiger partial charge in [0.1, 0.15) is 17.3 Å². The summed E-state index contributed by atoms with van der Waals surface area (Å²) in [4.78, 5) is 11.2. The summed E-state index contributed by atoms with van der Waals surface area (Å²) in [6.07, 6.45) is 2.04. The van der Waals surface area contributed by atoms with Crippen molar-refractivity contribution in [3.8, 4) is 5.75 Å². The lowest BCUT2D eigenvalue weighted by Crippen LogP contribution is -2.22. The summed E-state index contributed by atoms with van der Waals surface area (Å²) in [5.74, 6) is 0.0296. The number of carboxylic acids is 1. The van der Waals surface area contributed by atoms with E-state index in [1.807, 2.05) is 37.3 Å². The molecular formula is C13H16O3. The van der Waals surface area contributed by atoms with E-state index in [-0.39, 0.29) is 6.10 Å². The number of hydrogen-bond donors (Lipinski definition) is 1. The molecule has 0 aliphatic heterocycles. The van der Waals surface area contributed by atoms with E-state index in [4.69, 9.17) is 4.74 Å². The molecule has 1 aromatic carbocycles. The average molecular weight is 220 g/mol. The summed E-state index contributed by atoms with van der Waals surface area (Å²) in [5.41, 5.74) is -0.634. The summed E-state index contributed by atoms with van der Waals surface area (Å²) in [7, 11) is 0. The number of rotatable bonds is 5. The van der Waals surface area contributed by atoms with Gasteiger partial charge in [0.05, 0.1) is 0 Å². The van der Waals surface area contributed by atoms with Crippen LogP contribution in [0.5, 0.6) is 5.75 Å². The molecule has 0 heterocycles. The molecule has 1 aliphatic carbocycles. The molecule has 0 radical (unpaired) electrons. The number of para-hydroxylation sites is 1. The molecule has 0 amide bonds. The molecule has 16 heavy (non-hydrogen) atoms. The van der Waals surface area contributed by atoms with E-state index in [1.54, 1.807) is 0 Å². The van der Waals surface area contributed by atoms with Gasteiger partial charge in [-0.05, 0) is 18.6 Å². The van der Waals surface area contributed by atoms with Gasteiger partial charge in [-0.3, -0.25) is 4.79 Å². The molecule has 2 unspecified atom stereocenters. The molecule has 1 N–H and O–H groups in total. The van der Waals surface area contributed by atoms with Crippen LogP contribution >= 0.6 is 0 Å². The summed E-state index contributed by atoms with van der Waals surface area (Å²) in [5, 5.41) is 9.20. The monoisotopic (exact) mass is 220 g/mol. The van der Waals surface area contributed by atoms with Gasteiger partial charge in [0.2, 0.25) is 0 Å². The number of hydrogen-bond acceptors (Lipinski definition) is 2. The van der Waals surface area contributed by atoms with Gasteiger partial charge in [-0.15, -0.1) is 0 Å². The van der Waals surface area contributed by atoms with E-state index in [0.717, 1.165) is 12.2 Å². The quantitative estimate of drug-likeness (QED) is 0.829. The van der Waals surface area contributed by atoms with Gasteiger partial charge in [-0.25, -0.2) is 0 Å². The van der Waals surface area contributed by atoms with Crippen molar-refractivity contribution < 1.29 is 14.6 Å². The molecule has 1 fully saturated rings. The number of ether oxygens (including phenoxy) is 1. The second kappa shape index (κ2) is 4.16. The maximum atomic E-state index is 11.2. The molecule has 86 valence electrons. The maximum absolute atomic E-state index is 11.2. The molecule has 2 atom stereocenters. The molecule has 0 saturated heterocycles. The number of aliphatic carboxylic acids is 1. The van der Waals surface area contributed by atoms with E-state index in [1.165, 1.54) is 0 Å². The van der Waals surface area contributed by atoms with E-state index in [2.05, 4.69) is 0 Å². The molecule has 3 heteroatoms. The average Bonchev–Trinajstić information content (AvgIpc) is 2.95. The summed E-state index contributed by atoms with van der Waals surface area (Å²) < 4.78 is 5.67. The summed E-state index contributed by atoms with van der Waals surface area (Å²) in [6.45, 7) is 2.00. The Kier molecular flexibility index (Phi) is 2.86. The fraction of sp³-hybridized carbons (Fsp3) is 0.462. The topological polar surface area (TPSA) is 46.5 Å². The van der Waals surface area contributed by atoms with Crippen LogP contribution in [0.25, 0.3) is 0 Å². The van der Waals surface area contributed by atoms with Crippen molar-refractivity contribution in [1.29, 1.82) is 0 Å². The van der Waals surface area contributed by atoms with Gasteiger partial charge in [0.15, 0.2) is 0 Å². The third kappa shape index (κ3) is 1.90. The highest BCUT2D eigenvalue weighted by Gasteiger charge is 2.62. The van der Waals surface area contributed by atoms with Crippen molar-refractivity contribution in [3.05, 3.63) is 30.3 Å². The van der Waals surface area contributed by atoms with Gasteiger partial charge >= 0.3 is 5.97 Å². The van der Waals surface area contributed by atoms with E-state index in [0.29, 0.717) is 12.8 Å². The van der Waals surface area contributed by atoms with Crippen molar-refractivity contribution in [2.75, 3.05) is 0 Å². The summed E-state index contributed by atoms with van der Waals surface area (Å²) >= 11 is 0. The Morgan fingerprint density at radius 2 is 2.19 bits per heavy atom. The largest absolute Gasteiger partial charge is 0.489 e. The number of benzene rings is 1. The molecule has 1 aromatic rings. The van der Waals surface area contributed by atoms with Gasteiger partial charge in [-0.1, -0.05) is 31.5 Å². The third-order valence-corrected chi connectivity index (χ3v) is 3.15. The third-order valence-electron chi connectivity index (χ3n) is 3.15. The van der Waals surface area contributed by atoms with Crippen LogP contribution in [-0.4, -0.2) is 17.2 Å². The van der Waals surface area contributed by atoms with Gasteiger partial charge < -0.3 is 9.84 Å².